The molecule has 6 rings (SSSR count). The van der Waals surface area contributed by atoms with Crippen molar-refractivity contribution in [1.29, 1.82) is 0 Å². The molecular weight excluding hydrogens is 523 g/mol. The van der Waals surface area contributed by atoms with Crippen LogP contribution in [0, 0.1) is 12.7 Å². The molecule has 2 aromatic carbocycles. The Balaban J connectivity index is 1.19. The number of hydrogen-bond acceptors (Lipinski definition) is 6. The average molecular weight is 551 g/mol. The van der Waals surface area contributed by atoms with Crippen molar-refractivity contribution in [3.8, 4) is 10.4 Å². The number of nitrogens with zero attached hydrogens (tertiary/aromatic N) is 4. The fourth-order valence-electron chi connectivity index (χ4n) is 4.80. The van der Waals surface area contributed by atoms with Crippen molar-refractivity contribution in [2.24, 2.45) is 7.05 Å². The average Bonchev–Trinajstić information content (AvgIpc) is 3.56. The van der Waals surface area contributed by atoms with Crippen molar-refractivity contribution in [3.63, 3.8) is 0 Å². The minimum Gasteiger partial charge on any atom is -0.365 e. The van der Waals surface area contributed by atoms with Crippen molar-refractivity contribution in [2.45, 2.75) is 26.4 Å². The number of imidazole rings is 1. The van der Waals surface area contributed by atoms with Gasteiger partial charge in [0.1, 0.15) is 23.0 Å². The monoisotopic (exact) mass is 550 g/mol. The zero-order chi connectivity index (χ0) is 27.8. The highest BCUT2D eigenvalue weighted by molar-refractivity contribution is 7.15. The van der Waals surface area contributed by atoms with Gasteiger partial charge in [-0.3, -0.25) is 9.78 Å². The highest BCUT2D eigenvalue weighted by atomic mass is 32.1. The number of benzene rings is 2. The van der Waals surface area contributed by atoms with E-state index in [4.69, 9.17) is 0 Å². The van der Waals surface area contributed by atoms with Crippen molar-refractivity contribution in [3.05, 3.63) is 107 Å². The maximum Gasteiger partial charge on any atom is 0.255 e. The maximum atomic E-state index is 13.3. The largest absolute Gasteiger partial charge is 0.365 e. The second kappa shape index (κ2) is 10.5. The molecule has 0 fully saturated rings. The summed E-state index contributed by atoms with van der Waals surface area (Å²) in [5.41, 5.74) is 5.30. The van der Waals surface area contributed by atoms with E-state index < -0.39 is 0 Å². The molecule has 6 aromatic rings. The van der Waals surface area contributed by atoms with E-state index in [9.17, 15) is 9.18 Å². The summed E-state index contributed by atoms with van der Waals surface area (Å²) in [5.74, 6) is 0.899. The first-order valence-electron chi connectivity index (χ1n) is 12.9. The topological polar surface area (TPSA) is 84.7 Å². The van der Waals surface area contributed by atoms with Crippen LogP contribution in [0.2, 0.25) is 0 Å². The molecule has 0 aliphatic carbocycles. The Kier molecular flexibility index (Phi) is 6.73. The molecule has 0 saturated heterocycles. The van der Waals surface area contributed by atoms with Gasteiger partial charge in [-0.1, -0.05) is 18.2 Å². The Morgan fingerprint density at radius 2 is 1.88 bits per heavy atom. The van der Waals surface area contributed by atoms with Gasteiger partial charge in [0, 0.05) is 28.4 Å². The van der Waals surface area contributed by atoms with E-state index in [0.29, 0.717) is 17.9 Å². The Morgan fingerprint density at radius 3 is 2.70 bits per heavy atom. The molecule has 0 radical (unpaired) electrons. The maximum absolute atomic E-state index is 13.3. The molecule has 4 heterocycles. The summed E-state index contributed by atoms with van der Waals surface area (Å²) in [6.07, 6.45) is 3.49. The minimum atomic E-state index is -0.309. The number of hydrogen-bond donors (Lipinski definition) is 2. The molecule has 0 unspecified atom stereocenters. The minimum absolute atomic E-state index is 0.249. The summed E-state index contributed by atoms with van der Waals surface area (Å²) < 4.78 is 15.4. The quantitative estimate of drug-likeness (QED) is 0.229. The van der Waals surface area contributed by atoms with Gasteiger partial charge in [-0.2, -0.15) is 0 Å². The van der Waals surface area contributed by atoms with Gasteiger partial charge in [-0.15, -0.1) is 11.3 Å². The number of aryl methyl sites for hydroxylation is 2. The number of rotatable bonds is 7. The zero-order valence-corrected chi connectivity index (χ0v) is 23.1. The van der Waals surface area contributed by atoms with Crippen LogP contribution in [0.25, 0.3) is 32.4 Å². The van der Waals surface area contributed by atoms with Gasteiger partial charge in [-0.05, 0) is 73.5 Å². The van der Waals surface area contributed by atoms with Crippen LogP contribution in [0.4, 0.5) is 10.2 Å². The third kappa shape index (κ3) is 4.91. The van der Waals surface area contributed by atoms with Crippen LogP contribution in [0.15, 0.2) is 79.1 Å². The summed E-state index contributed by atoms with van der Waals surface area (Å²) in [6, 6.07) is 19.8. The lowest BCUT2D eigenvalue weighted by molar-refractivity contribution is 0.0940. The standard InChI is InChI=1S/C31H27FN6OS/c1-18(20-6-9-22(32)10-7-20)36-31(39)24-5-4-14-33-30(24)35-16-23-11-13-28(40-23)21-8-12-26-25(15-21)29-27(17-34-26)37-19(2)38(29)3/h4-15,17-18H,16H2,1-3H3,(H,33,35)(H,36,39)/t18-/m0/s1. The molecule has 1 atom stereocenters. The fourth-order valence-corrected chi connectivity index (χ4v) is 5.75. The van der Waals surface area contributed by atoms with Crippen molar-refractivity contribution in [2.75, 3.05) is 5.32 Å². The van der Waals surface area contributed by atoms with Gasteiger partial charge in [-0.25, -0.2) is 14.4 Å². The Labute approximate surface area is 234 Å². The van der Waals surface area contributed by atoms with Crippen LogP contribution < -0.4 is 10.6 Å². The van der Waals surface area contributed by atoms with Gasteiger partial charge in [0.15, 0.2) is 0 Å². The number of aromatic nitrogens is 4. The molecule has 40 heavy (non-hydrogen) atoms. The molecule has 200 valence electrons. The Hall–Kier alpha value is -4.63. The Morgan fingerprint density at radius 1 is 1.05 bits per heavy atom. The molecule has 0 spiro atoms. The van der Waals surface area contributed by atoms with Crippen LogP contribution in [-0.4, -0.2) is 25.4 Å². The highest BCUT2D eigenvalue weighted by Crippen LogP contribution is 2.33. The lowest BCUT2D eigenvalue weighted by Gasteiger charge is -2.16. The second-order valence-corrected chi connectivity index (χ2v) is 10.9. The summed E-state index contributed by atoms with van der Waals surface area (Å²) in [7, 11) is 2.03. The van der Waals surface area contributed by atoms with E-state index in [2.05, 4.69) is 60.5 Å². The van der Waals surface area contributed by atoms with Crippen LogP contribution >= 0.6 is 11.3 Å². The number of amides is 1. The van der Waals surface area contributed by atoms with Gasteiger partial charge < -0.3 is 15.2 Å². The van der Waals surface area contributed by atoms with E-state index in [1.807, 2.05) is 27.1 Å². The normalized spacial score (nSPS) is 12.1. The molecule has 4 aromatic heterocycles. The van der Waals surface area contributed by atoms with Crippen LogP contribution in [-0.2, 0) is 13.6 Å². The summed E-state index contributed by atoms with van der Waals surface area (Å²) in [6.45, 7) is 4.39. The number of carbonyl (C=O) groups is 1. The van der Waals surface area contributed by atoms with Gasteiger partial charge in [0.25, 0.3) is 5.91 Å². The first-order valence-corrected chi connectivity index (χ1v) is 13.7. The summed E-state index contributed by atoms with van der Waals surface area (Å²) in [5, 5.41) is 7.38. The van der Waals surface area contributed by atoms with E-state index in [1.54, 1.807) is 41.8 Å². The van der Waals surface area contributed by atoms with E-state index in [-0.39, 0.29) is 17.8 Å². The predicted octanol–water partition coefficient (Wildman–Crippen LogP) is 6.80. The molecule has 0 saturated carbocycles. The Bertz CT molecular complexity index is 1860. The highest BCUT2D eigenvalue weighted by Gasteiger charge is 2.16. The zero-order valence-electron chi connectivity index (χ0n) is 22.3. The SMILES string of the molecule is Cc1nc2cnc3ccc(-c4ccc(CNc5ncccc5C(=O)N[C@@H](C)c5ccc(F)cc5)s4)cc3c2n1C. The van der Waals surface area contributed by atoms with Crippen molar-refractivity contribution >= 4 is 45.0 Å². The number of nitrogens with one attached hydrogen (secondary N) is 2. The molecule has 0 bridgehead atoms. The lowest BCUT2D eigenvalue weighted by atomic mass is 10.1. The van der Waals surface area contributed by atoms with Crippen LogP contribution in [0.3, 0.4) is 0 Å². The second-order valence-electron chi connectivity index (χ2n) is 9.71. The number of anilines is 1. The van der Waals surface area contributed by atoms with Crippen molar-refractivity contribution < 1.29 is 9.18 Å². The summed E-state index contributed by atoms with van der Waals surface area (Å²) >= 11 is 1.69. The molecule has 9 heteroatoms. The molecule has 7 nitrogen and oxygen atoms in total. The number of halogens is 1. The van der Waals surface area contributed by atoms with E-state index in [0.717, 1.165) is 48.6 Å². The molecule has 0 aliphatic heterocycles. The predicted molar refractivity (Wildman–Crippen MR) is 158 cm³/mol. The van der Waals surface area contributed by atoms with Crippen LogP contribution in [0.1, 0.15) is 39.6 Å². The van der Waals surface area contributed by atoms with Gasteiger partial charge in [0.2, 0.25) is 0 Å². The van der Waals surface area contributed by atoms with E-state index in [1.165, 1.54) is 12.1 Å². The molecular formula is C31H27FN6OS. The third-order valence-corrected chi connectivity index (χ3v) is 8.20. The number of carbonyl (C=O) groups excluding carboxylic acids is 1. The smallest absolute Gasteiger partial charge is 0.255 e. The molecule has 0 aliphatic rings. The number of thiophene rings is 1. The first-order chi connectivity index (χ1) is 19.4. The van der Waals surface area contributed by atoms with Gasteiger partial charge in [0.05, 0.1) is 35.4 Å². The molecule has 2 N–H and O–H groups in total. The number of fused-ring (bicyclic) bond motifs is 3. The summed E-state index contributed by atoms with van der Waals surface area (Å²) in [4.78, 5) is 28.9. The third-order valence-electron chi connectivity index (χ3n) is 7.07. The lowest BCUT2D eigenvalue weighted by Crippen LogP contribution is -2.27. The first kappa shape index (κ1) is 25.6. The van der Waals surface area contributed by atoms with Crippen LogP contribution in [0.5, 0.6) is 0 Å². The van der Waals surface area contributed by atoms with E-state index >= 15 is 0 Å². The molecule has 1 amide bonds. The van der Waals surface area contributed by atoms with Gasteiger partial charge >= 0.3 is 0 Å². The van der Waals surface area contributed by atoms with Crippen molar-refractivity contribution in [1.82, 2.24) is 24.8 Å². The number of pyridine rings is 2. The fraction of sp³-hybridized carbons (Fsp3) is 0.161.